The maximum absolute atomic E-state index is 11.3. The van der Waals surface area contributed by atoms with Gasteiger partial charge in [-0.25, -0.2) is 13.4 Å². The lowest BCUT2D eigenvalue weighted by atomic mass is 10.1. The van der Waals surface area contributed by atoms with E-state index >= 15 is 0 Å². The highest BCUT2D eigenvalue weighted by Gasteiger charge is 2.13. The van der Waals surface area contributed by atoms with Crippen LogP contribution in [0.25, 0.3) is 33.3 Å². The molecule has 6 heteroatoms. The molecule has 0 saturated carbocycles. The van der Waals surface area contributed by atoms with Crippen molar-refractivity contribution >= 4 is 41.6 Å². The van der Waals surface area contributed by atoms with Crippen molar-refractivity contribution in [3.05, 3.63) is 60.7 Å². The molecule has 0 saturated heterocycles. The Morgan fingerprint density at radius 1 is 0.913 bits per heavy atom. The van der Waals surface area contributed by atoms with Gasteiger partial charge in [0.05, 0.1) is 4.90 Å². The molecule has 1 aromatic heterocycles. The van der Waals surface area contributed by atoms with Gasteiger partial charge in [-0.2, -0.15) is 0 Å². The first kappa shape index (κ1) is 14.2. The summed E-state index contributed by atoms with van der Waals surface area (Å²) in [5, 5.41) is 2.10. The molecule has 0 N–H and O–H groups in total. The van der Waals surface area contributed by atoms with E-state index in [1.165, 1.54) is 12.1 Å². The SMILES string of the molecule is O=S(=O)(Cl)c1ccc(-c2nc3c(ccc4ccccc43)o2)cc1. The molecule has 23 heavy (non-hydrogen) atoms. The molecule has 4 nitrogen and oxygen atoms in total. The van der Waals surface area contributed by atoms with Crippen molar-refractivity contribution in [2.24, 2.45) is 0 Å². The number of nitrogens with zero attached hydrogens (tertiary/aromatic N) is 1. The number of hydrogen-bond acceptors (Lipinski definition) is 4. The maximum Gasteiger partial charge on any atom is 0.261 e. The zero-order chi connectivity index (χ0) is 16.0. The molecule has 0 radical (unpaired) electrons. The van der Waals surface area contributed by atoms with Gasteiger partial charge >= 0.3 is 0 Å². The van der Waals surface area contributed by atoms with Crippen molar-refractivity contribution in [1.82, 2.24) is 4.98 Å². The van der Waals surface area contributed by atoms with Crippen LogP contribution in [0.15, 0.2) is 70.0 Å². The Balaban J connectivity index is 1.88. The van der Waals surface area contributed by atoms with Gasteiger partial charge in [-0.05, 0) is 35.7 Å². The minimum atomic E-state index is -3.73. The van der Waals surface area contributed by atoms with Gasteiger partial charge in [0.1, 0.15) is 5.52 Å². The summed E-state index contributed by atoms with van der Waals surface area (Å²) in [5.41, 5.74) is 2.16. The molecule has 0 bridgehead atoms. The molecule has 0 atom stereocenters. The van der Waals surface area contributed by atoms with Crippen molar-refractivity contribution < 1.29 is 12.8 Å². The van der Waals surface area contributed by atoms with Crippen LogP contribution in [-0.2, 0) is 9.05 Å². The number of benzene rings is 3. The number of aromatic nitrogens is 1. The largest absolute Gasteiger partial charge is 0.436 e. The first-order valence-corrected chi connectivity index (χ1v) is 9.17. The lowest BCUT2D eigenvalue weighted by Gasteiger charge is -1.97. The van der Waals surface area contributed by atoms with Gasteiger partial charge in [-0.3, -0.25) is 0 Å². The first-order valence-electron chi connectivity index (χ1n) is 6.86. The molecule has 0 aliphatic rings. The third-order valence-electron chi connectivity index (χ3n) is 3.67. The lowest BCUT2D eigenvalue weighted by Crippen LogP contribution is -1.89. The Morgan fingerprint density at radius 2 is 1.65 bits per heavy atom. The molecular weight excluding hydrogens is 334 g/mol. The minimum Gasteiger partial charge on any atom is -0.436 e. The highest BCUT2D eigenvalue weighted by Crippen LogP contribution is 2.30. The molecule has 4 rings (SSSR count). The van der Waals surface area contributed by atoms with Crippen LogP contribution >= 0.6 is 10.7 Å². The number of fused-ring (bicyclic) bond motifs is 3. The van der Waals surface area contributed by atoms with E-state index in [4.69, 9.17) is 15.1 Å². The van der Waals surface area contributed by atoms with Gasteiger partial charge in [0.25, 0.3) is 9.05 Å². The van der Waals surface area contributed by atoms with Gasteiger partial charge in [-0.1, -0.05) is 30.3 Å². The van der Waals surface area contributed by atoms with Crippen molar-refractivity contribution in [2.45, 2.75) is 4.90 Å². The third kappa shape index (κ3) is 2.48. The summed E-state index contributed by atoms with van der Waals surface area (Å²) in [6, 6.07) is 17.9. The van der Waals surface area contributed by atoms with Gasteiger partial charge < -0.3 is 4.42 Å². The topological polar surface area (TPSA) is 60.2 Å². The Kier molecular flexibility index (Phi) is 3.14. The lowest BCUT2D eigenvalue weighted by molar-refractivity contribution is 0.609. The van der Waals surface area contributed by atoms with Crippen LogP contribution < -0.4 is 0 Å². The number of halogens is 1. The standard InChI is InChI=1S/C17H10ClNO3S/c18-23(20,21)13-8-5-12(6-9-13)17-19-16-14-4-2-1-3-11(14)7-10-15(16)22-17/h1-10H. The minimum absolute atomic E-state index is 0.0458. The first-order chi connectivity index (χ1) is 11.0. The smallest absolute Gasteiger partial charge is 0.261 e. The molecule has 0 fully saturated rings. The molecule has 0 unspecified atom stereocenters. The van der Waals surface area contributed by atoms with Gasteiger partial charge in [0, 0.05) is 21.6 Å². The summed E-state index contributed by atoms with van der Waals surface area (Å²) in [5.74, 6) is 0.440. The van der Waals surface area contributed by atoms with Crippen molar-refractivity contribution in [3.8, 4) is 11.5 Å². The van der Waals surface area contributed by atoms with E-state index in [9.17, 15) is 8.42 Å². The molecule has 0 aliphatic carbocycles. The van der Waals surface area contributed by atoms with Gasteiger partial charge in [0.2, 0.25) is 5.89 Å². The Labute approximate surface area is 136 Å². The summed E-state index contributed by atoms with van der Waals surface area (Å²) in [7, 11) is 1.59. The van der Waals surface area contributed by atoms with Crippen LogP contribution in [0.2, 0.25) is 0 Å². The highest BCUT2D eigenvalue weighted by atomic mass is 35.7. The molecule has 114 valence electrons. The average Bonchev–Trinajstić information content (AvgIpc) is 2.99. The molecule has 4 aromatic rings. The monoisotopic (exact) mass is 343 g/mol. The molecule has 0 amide bonds. The van der Waals surface area contributed by atoms with E-state index < -0.39 is 9.05 Å². The zero-order valence-corrected chi connectivity index (χ0v) is 13.3. The van der Waals surface area contributed by atoms with E-state index in [1.54, 1.807) is 12.1 Å². The Hall–Kier alpha value is -2.37. The molecule has 0 spiro atoms. The summed E-state index contributed by atoms with van der Waals surface area (Å²) in [4.78, 5) is 4.60. The van der Waals surface area contributed by atoms with Crippen molar-refractivity contribution in [2.75, 3.05) is 0 Å². The van der Waals surface area contributed by atoms with Gasteiger partial charge in [0.15, 0.2) is 5.58 Å². The second-order valence-electron chi connectivity index (χ2n) is 5.11. The normalized spacial score (nSPS) is 12.0. The van der Waals surface area contributed by atoms with Crippen LogP contribution in [0.1, 0.15) is 0 Å². The summed E-state index contributed by atoms with van der Waals surface area (Å²) >= 11 is 0. The fourth-order valence-electron chi connectivity index (χ4n) is 2.54. The quantitative estimate of drug-likeness (QED) is 0.500. The predicted molar refractivity (Wildman–Crippen MR) is 90.0 cm³/mol. The van der Waals surface area contributed by atoms with Crippen LogP contribution in [0.5, 0.6) is 0 Å². The van der Waals surface area contributed by atoms with E-state index in [1.807, 2.05) is 36.4 Å². The molecule has 3 aromatic carbocycles. The second-order valence-corrected chi connectivity index (χ2v) is 7.68. The maximum atomic E-state index is 11.3. The van der Waals surface area contributed by atoms with Crippen LogP contribution in [0.4, 0.5) is 0 Å². The number of oxazole rings is 1. The fourth-order valence-corrected chi connectivity index (χ4v) is 3.31. The Bertz CT molecular complexity index is 1130. The van der Waals surface area contributed by atoms with E-state index in [-0.39, 0.29) is 4.90 Å². The van der Waals surface area contributed by atoms with Crippen molar-refractivity contribution in [3.63, 3.8) is 0 Å². The predicted octanol–water partition coefficient (Wildman–Crippen LogP) is 4.58. The average molecular weight is 344 g/mol. The number of hydrogen-bond donors (Lipinski definition) is 0. The van der Waals surface area contributed by atoms with Crippen molar-refractivity contribution in [1.29, 1.82) is 0 Å². The van der Waals surface area contributed by atoms with Gasteiger partial charge in [-0.15, -0.1) is 0 Å². The van der Waals surface area contributed by atoms with Crippen LogP contribution in [0.3, 0.4) is 0 Å². The number of rotatable bonds is 2. The van der Waals surface area contributed by atoms with Crippen LogP contribution in [0, 0.1) is 0 Å². The Morgan fingerprint density at radius 3 is 2.39 bits per heavy atom. The van der Waals surface area contributed by atoms with Crippen LogP contribution in [-0.4, -0.2) is 13.4 Å². The molecular formula is C17H10ClNO3S. The summed E-state index contributed by atoms with van der Waals surface area (Å²) in [6.07, 6.45) is 0. The summed E-state index contributed by atoms with van der Waals surface area (Å²) in [6.45, 7) is 0. The summed E-state index contributed by atoms with van der Waals surface area (Å²) < 4.78 is 28.4. The molecule has 0 aliphatic heterocycles. The van der Waals surface area contributed by atoms with E-state index in [0.717, 1.165) is 16.3 Å². The highest BCUT2D eigenvalue weighted by molar-refractivity contribution is 8.13. The fraction of sp³-hybridized carbons (Fsp3) is 0. The third-order valence-corrected chi connectivity index (χ3v) is 5.04. The second kappa shape index (κ2) is 5.08. The van der Waals surface area contributed by atoms with E-state index in [2.05, 4.69) is 4.98 Å². The zero-order valence-electron chi connectivity index (χ0n) is 11.7. The van der Waals surface area contributed by atoms with E-state index in [0.29, 0.717) is 17.0 Å². The molecule has 1 heterocycles.